The SMILES string of the molecule is Cc1cccc(C)c1NC(=O)CN1CCC(N(C2CC2)S(=O)(=O)c2cccc(C(F)(F)F)c2)CC1. The summed E-state index contributed by atoms with van der Waals surface area (Å²) in [5.74, 6) is -0.128. The largest absolute Gasteiger partial charge is 0.416 e. The van der Waals surface area contributed by atoms with E-state index in [9.17, 15) is 26.4 Å². The van der Waals surface area contributed by atoms with Gasteiger partial charge >= 0.3 is 6.18 Å². The number of carbonyl (C=O) groups is 1. The number of para-hydroxylation sites is 1. The van der Waals surface area contributed by atoms with Crippen molar-refractivity contribution in [3.05, 3.63) is 59.2 Å². The predicted octanol–water partition coefficient (Wildman–Crippen LogP) is 4.58. The van der Waals surface area contributed by atoms with E-state index in [4.69, 9.17) is 0 Å². The van der Waals surface area contributed by atoms with Gasteiger partial charge in [-0.1, -0.05) is 24.3 Å². The van der Waals surface area contributed by atoms with Gasteiger partial charge in [0.1, 0.15) is 0 Å². The smallest absolute Gasteiger partial charge is 0.324 e. The Morgan fingerprint density at radius 1 is 1.00 bits per heavy atom. The second-order valence-corrected chi connectivity index (χ2v) is 11.3. The predicted molar refractivity (Wildman–Crippen MR) is 127 cm³/mol. The molecule has 190 valence electrons. The number of anilines is 1. The first-order valence-corrected chi connectivity index (χ1v) is 13.2. The lowest BCUT2D eigenvalue weighted by Gasteiger charge is -2.37. The molecule has 2 aromatic rings. The van der Waals surface area contributed by atoms with Gasteiger partial charge in [-0.3, -0.25) is 9.69 Å². The van der Waals surface area contributed by atoms with Crippen LogP contribution in [-0.2, 0) is 21.0 Å². The highest BCUT2D eigenvalue weighted by Gasteiger charge is 2.44. The molecule has 0 aromatic heterocycles. The lowest BCUT2D eigenvalue weighted by atomic mass is 10.0. The molecule has 1 aliphatic carbocycles. The molecule has 0 radical (unpaired) electrons. The van der Waals surface area contributed by atoms with E-state index < -0.39 is 21.8 Å². The molecule has 10 heteroatoms. The van der Waals surface area contributed by atoms with Crippen LogP contribution in [0.25, 0.3) is 0 Å². The maximum Gasteiger partial charge on any atom is 0.416 e. The maximum absolute atomic E-state index is 13.4. The zero-order valence-corrected chi connectivity index (χ0v) is 20.6. The molecule has 1 N–H and O–H groups in total. The molecule has 2 aromatic carbocycles. The Balaban J connectivity index is 1.41. The maximum atomic E-state index is 13.4. The second kappa shape index (κ2) is 9.91. The molecule has 1 heterocycles. The van der Waals surface area contributed by atoms with Crippen LogP contribution < -0.4 is 5.32 Å². The number of aryl methyl sites for hydroxylation is 2. The number of piperidine rings is 1. The fraction of sp³-hybridized carbons (Fsp3) is 0.480. The fourth-order valence-electron chi connectivity index (χ4n) is 4.70. The van der Waals surface area contributed by atoms with Crippen LogP contribution in [0.15, 0.2) is 47.4 Å². The molecule has 2 fully saturated rings. The Bertz CT molecular complexity index is 1170. The highest BCUT2D eigenvalue weighted by Crippen LogP contribution is 2.38. The van der Waals surface area contributed by atoms with Crippen molar-refractivity contribution in [3.8, 4) is 0 Å². The van der Waals surface area contributed by atoms with Crippen molar-refractivity contribution in [2.24, 2.45) is 0 Å². The summed E-state index contributed by atoms with van der Waals surface area (Å²) in [5, 5.41) is 2.97. The lowest BCUT2D eigenvalue weighted by molar-refractivity contribution is -0.137. The quantitative estimate of drug-likeness (QED) is 0.593. The van der Waals surface area contributed by atoms with Crippen molar-refractivity contribution < 1.29 is 26.4 Å². The molecular formula is C25H30F3N3O3S. The van der Waals surface area contributed by atoms with E-state index >= 15 is 0 Å². The van der Waals surface area contributed by atoms with Crippen LogP contribution in [0.3, 0.4) is 0 Å². The Kier molecular flexibility index (Phi) is 7.26. The minimum Gasteiger partial charge on any atom is -0.324 e. The summed E-state index contributed by atoms with van der Waals surface area (Å²) >= 11 is 0. The highest BCUT2D eigenvalue weighted by atomic mass is 32.2. The summed E-state index contributed by atoms with van der Waals surface area (Å²) in [6, 6.07) is 9.28. The Morgan fingerprint density at radius 2 is 1.57 bits per heavy atom. The first-order valence-electron chi connectivity index (χ1n) is 11.8. The van der Waals surface area contributed by atoms with Crippen molar-refractivity contribution in [1.29, 1.82) is 0 Å². The Labute approximate surface area is 204 Å². The third-order valence-electron chi connectivity index (χ3n) is 6.67. The van der Waals surface area contributed by atoms with Gasteiger partial charge in [0.05, 0.1) is 17.0 Å². The number of benzene rings is 2. The van der Waals surface area contributed by atoms with Crippen molar-refractivity contribution in [2.45, 2.75) is 62.7 Å². The molecule has 0 spiro atoms. The zero-order chi connectivity index (χ0) is 25.4. The number of nitrogens with one attached hydrogen (secondary N) is 1. The summed E-state index contributed by atoms with van der Waals surface area (Å²) in [7, 11) is -4.08. The summed E-state index contributed by atoms with van der Waals surface area (Å²) in [5.41, 5.74) is 1.80. The number of alkyl halides is 3. The summed E-state index contributed by atoms with van der Waals surface area (Å²) in [6.07, 6.45) is -2.16. The average Bonchev–Trinajstić information content (AvgIpc) is 3.62. The number of carbonyl (C=O) groups excluding carboxylic acids is 1. The van der Waals surface area contributed by atoms with E-state index in [1.54, 1.807) is 0 Å². The van der Waals surface area contributed by atoms with Crippen molar-refractivity contribution in [3.63, 3.8) is 0 Å². The van der Waals surface area contributed by atoms with Gasteiger partial charge in [-0.05, 0) is 68.9 Å². The number of halogens is 3. The fourth-order valence-corrected chi connectivity index (χ4v) is 6.68. The van der Waals surface area contributed by atoms with E-state index in [0.717, 1.165) is 35.0 Å². The number of nitrogens with zero attached hydrogens (tertiary/aromatic N) is 2. The third kappa shape index (κ3) is 5.87. The van der Waals surface area contributed by atoms with Crippen LogP contribution in [0.2, 0.25) is 0 Å². The average molecular weight is 510 g/mol. The number of likely N-dealkylation sites (tertiary alicyclic amines) is 1. The molecule has 0 unspecified atom stereocenters. The molecule has 4 rings (SSSR count). The first-order chi connectivity index (χ1) is 16.5. The number of sulfonamides is 1. The number of rotatable bonds is 7. The highest BCUT2D eigenvalue weighted by molar-refractivity contribution is 7.89. The van der Waals surface area contributed by atoms with E-state index in [1.165, 1.54) is 10.4 Å². The molecule has 35 heavy (non-hydrogen) atoms. The molecule has 0 atom stereocenters. The summed E-state index contributed by atoms with van der Waals surface area (Å²) < 4.78 is 67.7. The van der Waals surface area contributed by atoms with Crippen molar-refractivity contribution in [2.75, 3.05) is 25.0 Å². The van der Waals surface area contributed by atoms with E-state index in [2.05, 4.69) is 5.32 Å². The molecule has 6 nitrogen and oxygen atoms in total. The summed E-state index contributed by atoms with van der Waals surface area (Å²) in [4.78, 5) is 14.3. The Morgan fingerprint density at radius 3 is 2.14 bits per heavy atom. The normalized spacial score (nSPS) is 18.1. The number of hydrogen-bond donors (Lipinski definition) is 1. The van der Waals surface area contributed by atoms with Crippen LogP contribution in [0.1, 0.15) is 42.4 Å². The topological polar surface area (TPSA) is 69.7 Å². The van der Waals surface area contributed by atoms with Gasteiger partial charge in [0, 0.05) is 30.9 Å². The number of hydrogen-bond acceptors (Lipinski definition) is 4. The molecule has 1 saturated heterocycles. The minimum atomic E-state index is -4.61. The van der Waals surface area contributed by atoms with E-state index in [0.29, 0.717) is 38.8 Å². The van der Waals surface area contributed by atoms with E-state index in [-0.39, 0.29) is 29.4 Å². The molecule has 1 aliphatic heterocycles. The minimum absolute atomic E-state index is 0.128. The van der Waals surface area contributed by atoms with Crippen molar-refractivity contribution >= 4 is 21.6 Å². The summed E-state index contributed by atoms with van der Waals surface area (Å²) in [6.45, 7) is 5.14. The van der Waals surface area contributed by atoms with Gasteiger partial charge in [0.15, 0.2) is 0 Å². The lowest BCUT2D eigenvalue weighted by Crippen LogP contribution is -2.49. The van der Waals surface area contributed by atoms with Gasteiger partial charge in [0.2, 0.25) is 15.9 Å². The number of amides is 1. The van der Waals surface area contributed by atoms with E-state index in [1.807, 2.05) is 36.9 Å². The first kappa shape index (κ1) is 25.7. The van der Waals surface area contributed by atoms with Crippen LogP contribution >= 0.6 is 0 Å². The van der Waals surface area contributed by atoms with Gasteiger partial charge in [-0.15, -0.1) is 0 Å². The second-order valence-electron chi connectivity index (χ2n) is 9.41. The van der Waals surface area contributed by atoms with Crippen LogP contribution in [0.5, 0.6) is 0 Å². The van der Waals surface area contributed by atoms with Crippen LogP contribution in [0.4, 0.5) is 18.9 Å². The van der Waals surface area contributed by atoms with Gasteiger partial charge < -0.3 is 5.32 Å². The standard InChI is InChI=1S/C25H30F3N3O3S/c1-17-5-3-6-18(2)24(17)29-23(32)16-30-13-11-21(12-14-30)31(20-9-10-20)35(33,34)22-8-4-7-19(15-22)25(26,27)28/h3-8,15,20-21H,9-14,16H2,1-2H3,(H,29,32). The third-order valence-corrected chi connectivity index (χ3v) is 8.67. The monoisotopic (exact) mass is 509 g/mol. The molecule has 1 amide bonds. The van der Waals surface area contributed by atoms with Gasteiger partial charge in [0.25, 0.3) is 0 Å². The van der Waals surface area contributed by atoms with Crippen LogP contribution in [-0.4, -0.2) is 55.2 Å². The molecule has 2 aliphatic rings. The van der Waals surface area contributed by atoms with Gasteiger partial charge in [-0.2, -0.15) is 17.5 Å². The zero-order valence-electron chi connectivity index (χ0n) is 19.8. The molecule has 1 saturated carbocycles. The van der Waals surface area contributed by atoms with Crippen LogP contribution in [0, 0.1) is 13.8 Å². The van der Waals surface area contributed by atoms with Crippen molar-refractivity contribution in [1.82, 2.24) is 9.21 Å². The molecular weight excluding hydrogens is 479 g/mol. The molecule has 0 bridgehead atoms. The Hall–Kier alpha value is -2.43. The van der Waals surface area contributed by atoms with Gasteiger partial charge in [-0.25, -0.2) is 8.42 Å².